The van der Waals surface area contributed by atoms with Crippen LogP contribution in [0.25, 0.3) is 0 Å². The van der Waals surface area contributed by atoms with Crippen molar-refractivity contribution in [3.8, 4) is 5.75 Å². The van der Waals surface area contributed by atoms with Crippen molar-refractivity contribution in [1.29, 1.82) is 0 Å². The number of carbonyl (C=O) groups is 1. The van der Waals surface area contributed by atoms with Gasteiger partial charge in [0, 0.05) is 38.1 Å². The van der Waals surface area contributed by atoms with Gasteiger partial charge in [-0.1, -0.05) is 26.0 Å². The quantitative estimate of drug-likeness (QED) is 0.461. The lowest BCUT2D eigenvalue weighted by molar-refractivity contribution is -0.116. The van der Waals surface area contributed by atoms with E-state index in [0.29, 0.717) is 37.7 Å². The van der Waals surface area contributed by atoms with Crippen molar-refractivity contribution in [1.82, 2.24) is 14.3 Å². The molecule has 0 radical (unpaired) electrons. The summed E-state index contributed by atoms with van der Waals surface area (Å²) in [6.45, 7) is 4.79. The average molecular weight is 469 g/mol. The summed E-state index contributed by atoms with van der Waals surface area (Å²) in [5.41, 5.74) is 1.83. The fraction of sp³-hybridized carbons (Fsp3) is 0.292. The van der Waals surface area contributed by atoms with Gasteiger partial charge in [-0.2, -0.15) is 4.31 Å². The average Bonchev–Trinajstić information content (AvgIpc) is 2.84. The summed E-state index contributed by atoms with van der Waals surface area (Å²) < 4.78 is 32.4. The Bertz CT molecular complexity index is 1150. The third-order valence-corrected chi connectivity index (χ3v) is 7.14. The Kier molecular flexibility index (Phi) is 8.51. The van der Waals surface area contributed by atoms with E-state index in [4.69, 9.17) is 4.74 Å². The van der Waals surface area contributed by atoms with Crippen LogP contribution in [0.15, 0.2) is 72.0 Å². The van der Waals surface area contributed by atoms with E-state index in [1.807, 2.05) is 26.0 Å². The Morgan fingerprint density at radius 2 is 1.67 bits per heavy atom. The molecule has 0 spiro atoms. The molecule has 0 saturated heterocycles. The molecule has 0 aliphatic rings. The molecular formula is C24H28N4O4S. The summed E-state index contributed by atoms with van der Waals surface area (Å²) in [4.78, 5) is 20.9. The maximum Gasteiger partial charge on any atom is 0.243 e. The first-order valence-corrected chi connectivity index (χ1v) is 12.2. The van der Waals surface area contributed by atoms with E-state index in [9.17, 15) is 13.2 Å². The lowest BCUT2D eigenvalue weighted by Crippen LogP contribution is -2.30. The number of hydrogen-bond donors (Lipinski definition) is 1. The number of rotatable bonds is 11. The number of aryl methyl sites for hydroxylation is 1. The zero-order valence-corrected chi connectivity index (χ0v) is 19.6. The van der Waals surface area contributed by atoms with Crippen LogP contribution < -0.4 is 10.1 Å². The second-order valence-corrected chi connectivity index (χ2v) is 9.21. The molecule has 0 bridgehead atoms. The standard InChI is InChI=1S/C24H28N4O4S/c1-3-28(4-2)33(30,31)21-10-7-19(8-11-21)9-12-23(29)27-24-22(6-5-15-26-24)32-18-20-13-16-25-17-14-20/h5-8,10-11,13-17H,3-4,9,12,18H2,1-2H3,(H,26,27,29). The van der Waals surface area contributed by atoms with E-state index in [-0.39, 0.29) is 17.2 Å². The molecule has 0 atom stereocenters. The van der Waals surface area contributed by atoms with Gasteiger partial charge in [-0.15, -0.1) is 0 Å². The third kappa shape index (κ3) is 6.59. The van der Waals surface area contributed by atoms with Crippen LogP contribution >= 0.6 is 0 Å². The first-order chi connectivity index (χ1) is 15.9. The van der Waals surface area contributed by atoms with Gasteiger partial charge >= 0.3 is 0 Å². The van der Waals surface area contributed by atoms with Crippen LogP contribution in [0.1, 0.15) is 31.4 Å². The first-order valence-electron chi connectivity index (χ1n) is 10.8. The normalized spacial score (nSPS) is 11.4. The molecule has 0 saturated carbocycles. The first kappa shape index (κ1) is 24.3. The van der Waals surface area contributed by atoms with E-state index in [2.05, 4.69) is 15.3 Å². The van der Waals surface area contributed by atoms with Crippen molar-refractivity contribution in [2.45, 2.75) is 38.2 Å². The smallest absolute Gasteiger partial charge is 0.243 e. The number of hydrogen-bond acceptors (Lipinski definition) is 6. The van der Waals surface area contributed by atoms with Crippen molar-refractivity contribution in [3.05, 3.63) is 78.2 Å². The Balaban J connectivity index is 1.57. The molecular weight excluding hydrogens is 440 g/mol. The van der Waals surface area contributed by atoms with Crippen LogP contribution in [0.3, 0.4) is 0 Å². The number of pyridine rings is 2. The zero-order valence-electron chi connectivity index (χ0n) is 18.8. The molecule has 8 nitrogen and oxygen atoms in total. The van der Waals surface area contributed by atoms with Crippen molar-refractivity contribution >= 4 is 21.7 Å². The highest BCUT2D eigenvalue weighted by Gasteiger charge is 2.21. The van der Waals surface area contributed by atoms with Crippen molar-refractivity contribution in [2.75, 3.05) is 18.4 Å². The Morgan fingerprint density at radius 1 is 0.970 bits per heavy atom. The van der Waals surface area contributed by atoms with E-state index in [1.54, 1.807) is 55.0 Å². The van der Waals surface area contributed by atoms with Crippen molar-refractivity contribution in [3.63, 3.8) is 0 Å². The van der Waals surface area contributed by atoms with Gasteiger partial charge in [-0.05, 0) is 53.9 Å². The number of anilines is 1. The lowest BCUT2D eigenvalue weighted by Gasteiger charge is -2.18. The highest BCUT2D eigenvalue weighted by molar-refractivity contribution is 7.89. The van der Waals surface area contributed by atoms with Crippen LogP contribution in [0.5, 0.6) is 5.75 Å². The summed E-state index contributed by atoms with van der Waals surface area (Å²) in [5.74, 6) is 0.633. The summed E-state index contributed by atoms with van der Waals surface area (Å²) in [7, 11) is -3.49. The number of amides is 1. The Hall–Kier alpha value is -3.30. The highest BCUT2D eigenvalue weighted by atomic mass is 32.2. The lowest BCUT2D eigenvalue weighted by atomic mass is 10.1. The van der Waals surface area contributed by atoms with E-state index < -0.39 is 10.0 Å². The fourth-order valence-electron chi connectivity index (χ4n) is 3.23. The topological polar surface area (TPSA) is 101 Å². The summed E-state index contributed by atoms with van der Waals surface area (Å²) >= 11 is 0. The number of nitrogens with zero attached hydrogens (tertiary/aromatic N) is 3. The van der Waals surface area contributed by atoms with Gasteiger partial charge in [-0.3, -0.25) is 9.78 Å². The van der Waals surface area contributed by atoms with Gasteiger partial charge in [0.05, 0.1) is 4.90 Å². The molecule has 1 aromatic carbocycles. The molecule has 0 fully saturated rings. The number of sulfonamides is 1. The maximum atomic E-state index is 12.6. The number of ether oxygens (including phenoxy) is 1. The largest absolute Gasteiger partial charge is 0.485 e. The van der Waals surface area contributed by atoms with Crippen LogP contribution in [-0.4, -0.2) is 41.7 Å². The molecule has 0 aliphatic carbocycles. The maximum absolute atomic E-state index is 12.6. The Morgan fingerprint density at radius 3 is 2.33 bits per heavy atom. The van der Waals surface area contributed by atoms with Gasteiger partial charge in [0.15, 0.2) is 11.6 Å². The molecule has 174 valence electrons. The van der Waals surface area contributed by atoms with Gasteiger partial charge in [0.2, 0.25) is 15.9 Å². The van der Waals surface area contributed by atoms with E-state index in [0.717, 1.165) is 11.1 Å². The molecule has 3 rings (SSSR count). The molecule has 2 aromatic heterocycles. The van der Waals surface area contributed by atoms with Gasteiger partial charge in [0.25, 0.3) is 0 Å². The molecule has 0 unspecified atom stereocenters. The van der Waals surface area contributed by atoms with Crippen molar-refractivity contribution < 1.29 is 17.9 Å². The summed E-state index contributed by atoms with van der Waals surface area (Å²) in [6, 6.07) is 13.9. The second-order valence-electron chi connectivity index (χ2n) is 7.28. The van der Waals surface area contributed by atoms with E-state index in [1.165, 1.54) is 4.31 Å². The summed E-state index contributed by atoms with van der Waals surface area (Å²) in [6.07, 6.45) is 5.66. The van der Waals surface area contributed by atoms with Gasteiger partial charge < -0.3 is 10.1 Å². The van der Waals surface area contributed by atoms with Crippen LogP contribution in [0.4, 0.5) is 5.82 Å². The molecule has 2 heterocycles. The molecule has 1 N–H and O–H groups in total. The predicted molar refractivity (Wildman–Crippen MR) is 126 cm³/mol. The molecule has 9 heteroatoms. The fourth-order valence-corrected chi connectivity index (χ4v) is 4.69. The van der Waals surface area contributed by atoms with E-state index >= 15 is 0 Å². The Labute approximate surface area is 194 Å². The van der Waals surface area contributed by atoms with Gasteiger partial charge in [0.1, 0.15) is 6.61 Å². The highest BCUT2D eigenvalue weighted by Crippen LogP contribution is 2.22. The molecule has 1 amide bonds. The molecule has 33 heavy (non-hydrogen) atoms. The minimum Gasteiger partial charge on any atom is -0.485 e. The van der Waals surface area contributed by atoms with Crippen LogP contribution in [0.2, 0.25) is 0 Å². The number of aromatic nitrogens is 2. The molecule has 0 aliphatic heterocycles. The van der Waals surface area contributed by atoms with Crippen LogP contribution in [0, 0.1) is 0 Å². The SMILES string of the molecule is CCN(CC)S(=O)(=O)c1ccc(CCC(=O)Nc2ncccc2OCc2ccncc2)cc1. The monoisotopic (exact) mass is 468 g/mol. The molecule has 3 aromatic rings. The number of carbonyl (C=O) groups excluding carboxylic acids is 1. The van der Waals surface area contributed by atoms with Crippen LogP contribution in [-0.2, 0) is 27.8 Å². The van der Waals surface area contributed by atoms with Crippen molar-refractivity contribution in [2.24, 2.45) is 0 Å². The van der Waals surface area contributed by atoms with Gasteiger partial charge in [-0.25, -0.2) is 13.4 Å². The zero-order chi connectivity index (χ0) is 23.7. The number of nitrogens with one attached hydrogen (secondary N) is 1. The minimum absolute atomic E-state index is 0.206. The minimum atomic E-state index is -3.49. The summed E-state index contributed by atoms with van der Waals surface area (Å²) in [5, 5.41) is 2.79. The third-order valence-electron chi connectivity index (χ3n) is 5.08. The predicted octanol–water partition coefficient (Wildman–Crippen LogP) is 3.66. The number of benzene rings is 1. The second kappa shape index (κ2) is 11.5.